The zero-order valence-corrected chi connectivity index (χ0v) is 16.1. The normalized spacial score (nSPS) is 20.0. The molecule has 8 heteroatoms. The second-order valence-corrected chi connectivity index (χ2v) is 8.56. The summed E-state index contributed by atoms with van der Waals surface area (Å²) in [7, 11) is -2.39. The largest absolute Gasteiger partial charge is 0.469 e. The van der Waals surface area contributed by atoms with E-state index in [1.807, 2.05) is 0 Å². The molecule has 5 nitrogen and oxygen atoms in total. The van der Waals surface area contributed by atoms with Crippen LogP contribution in [-0.2, 0) is 19.6 Å². The maximum Gasteiger partial charge on any atom is 0.308 e. The number of halogens is 2. The molecule has 1 aliphatic rings. The molecule has 0 saturated heterocycles. The third kappa shape index (κ3) is 4.56. The molecule has 1 saturated carbocycles. The van der Waals surface area contributed by atoms with Crippen LogP contribution >= 0.6 is 0 Å². The summed E-state index contributed by atoms with van der Waals surface area (Å²) in [6.45, 7) is 0. The van der Waals surface area contributed by atoms with E-state index in [-0.39, 0.29) is 28.4 Å². The van der Waals surface area contributed by atoms with Crippen LogP contribution in [0.1, 0.15) is 25.7 Å². The molecular weight excluding hydrogens is 388 g/mol. The third-order valence-electron chi connectivity index (χ3n) is 4.99. The molecule has 150 valence electrons. The minimum absolute atomic E-state index is 0.0638. The molecule has 2 aromatic carbocycles. The Morgan fingerprint density at radius 1 is 1.04 bits per heavy atom. The number of hydrogen-bond donors (Lipinski definition) is 1. The van der Waals surface area contributed by atoms with Crippen molar-refractivity contribution < 1.29 is 26.7 Å². The molecule has 1 aliphatic carbocycles. The summed E-state index contributed by atoms with van der Waals surface area (Å²) in [5.74, 6) is -1.83. The van der Waals surface area contributed by atoms with E-state index in [4.69, 9.17) is 4.74 Å². The molecule has 0 spiro atoms. The fourth-order valence-electron chi connectivity index (χ4n) is 3.44. The van der Waals surface area contributed by atoms with Crippen molar-refractivity contribution in [1.82, 2.24) is 4.72 Å². The van der Waals surface area contributed by atoms with E-state index in [1.54, 1.807) is 0 Å². The van der Waals surface area contributed by atoms with E-state index >= 15 is 0 Å². The van der Waals surface area contributed by atoms with Gasteiger partial charge in [0.1, 0.15) is 11.6 Å². The zero-order valence-electron chi connectivity index (χ0n) is 15.3. The Kier molecular flexibility index (Phi) is 6.10. The molecule has 0 radical (unpaired) electrons. The number of ether oxygens (including phenoxy) is 1. The van der Waals surface area contributed by atoms with Gasteiger partial charge >= 0.3 is 5.97 Å². The standard InChI is InChI=1S/C20H21F2NO4S/c1-27-20(24)14-2-7-16(8-3-14)23-28(25,26)17-9-4-13(5-10-17)18-11-6-15(21)12-19(18)22/h4-6,9-12,14,16,23H,2-3,7-8H2,1H3/t14-,16+. The molecule has 2 aromatic rings. The summed E-state index contributed by atoms with van der Waals surface area (Å²) >= 11 is 0. The highest BCUT2D eigenvalue weighted by Crippen LogP contribution is 2.28. The molecule has 0 aromatic heterocycles. The highest BCUT2D eigenvalue weighted by atomic mass is 32.2. The summed E-state index contributed by atoms with van der Waals surface area (Å²) in [5, 5.41) is 0. The van der Waals surface area contributed by atoms with Gasteiger partial charge in [0.25, 0.3) is 0 Å². The lowest BCUT2D eigenvalue weighted by Gasteiger charge is -2.27. The Balaban J connectivity index is 1.68. The number of hydrogen-bond acceptors (Lipinski definition) is 4. The van der Waals surface area contributed by atoms with Gasteiger partial charge in [0.15, 0.2) is 0 Å². The van der Waals surface area contributed by atoms with Crippen LogP contribution in [0.15, 0.2) is 47.4 Å². The van der Waals surface area contributed by atoms with E-state index in [9.17, 15) is 22.0 Å². The Morgan fingerprint density at radius 3 is 2.25 bits per heavy atom. The predicted molar refractivity (Wildman–Crippen MR) is 99.9 cm³/mol. The van der Waals surface area contributed by atoms with E-state index in [2.05, 4.69) is 4.72 Å². The van der Waals surface area contributed by atoms with Crippen LogP contribution in [-0.4, -0.2) is 27.5 Å². The Hall–Kier alpha value is -2.32. The van der Waals surface area contributed by atoms with Crippen molar-refractivity contribution in [2.24, 2.45) is 5.92 Å². The molecule has 0 heterocycles. The first-order valence-corrected chi connectivity index (χ1v) is 10.4. The van der Waals surface area contributed by atoms with Crippen molar-refractivity contribution in [1.29, 1.82) is 0 Å². The van der Waals surface area contributed by atoms with Crippen LogP contribution in [0.2, 0.25) is 0 Å². The summed E-state index contributed by atoms with van der Waals surface area (Å²) in [5.41, 5.74) is 0.648. The van der Waals surface area contributed by atoms with Crippen molar-refractivity contribution in [3.8, 4) is 11.1 Å². The van der Waals surface area contributed by atoms with E-state index in [1.165, 1.54) is 37.4 Å². The quantitative estimate of drug-likeness (QED) is 0.766. The van der Waals surface area contributed by atoms with Crippen LogP contribution in [0.5, 0.6) is 0 Å². The number of rotatable bonds is 5. The van der Waals surface area contributed by atoms with Crippen molar-refractivity contribution in [3.63, 3.8) is 0 Å². The lowest BCUT2D eigenvalue weighted by molar-refractivity contribution is -0.146. The summed E-state index contributed by atoms with van der Waals surface area (Å²) in [4.78, 5) is 11.6. The summed E-state index contributed by atoms with van der Waals surface area (Å²) in [6.07, 6.45) is 2.25. The van der Waals surface area contributed by atoms with E-state index < -0.39 is 21.7 Å². The maximum atomic E-state index is 13.9. The van der Waals surface area contributed by atoms with Crippen molar-refractivity contribution in [3.05, 3.63) is 54.1 Å². The number of esters is 1. The second kappa shape index (κ2) is 8.36. The average molecular weight is 409 g/mol. The highest BCUT2D eigenvalue weighted by molar-refractivity contribution is 7.89. The van der Waals surface area contributed by atoms with Gasteiger partial charge in [-0.2, -0.15) is 0 Å². The van der Waals surface area contributed by atoms with Crippen LogP contribution in [0.3, 0.4) is 0 Å². The number of carbonyl (C=O) groups is 1. The zero-order chi connectivity index (χ0) is 20.3. The second-order valence-electron chi connectivity index (χ2n) is 6.84. The van der Waals surface area contributed by atoms with Gasteiger partial charge in [0.05, 0.1) is 17.9 Å². The fourth-order valence-corrected chi connectivity index (χ4v) is 4.74. The molecule has 1 N–H and O–H groups in total. The SMILES string of the molecule is COC(=O)[C@H]1CC[C@@H](NS(=O)(=O)c2ccc(-c3ccc(F)cc3F)cc2)CC1. The van der Waals surface area contributed by atoms with Crippen LogP contribution < -0.4 is 4.72 Å². The van der Waals surface area contributed by atoms with Gasteiger partial charge in [0.2, 0.25) is 10.0 Å². The molecule has 0 unspecified atom stereocenters. The van der Waals surface area contributed by atoms with Gasteiger partial charge in [0, 0.05) is 17.7 Å². The smallest absolute Gasteiger partial charge is 0.308 e. The molecule has 0 bridgehead atoms. The van der Waals surface area contributed by atoms with Gasteiger partial charge in [-0.25, -0.2) is 21.9 Å². The predicted octanol–water partition coefficient (Wildman–Crippen LogP) is 3.64. The molecule has 0 aliphatic heterocycles. The lowest BCUT2D eigenvalue weighted by Crippen LogP contribution is -2.38. The lowest BCUT2D eigenvalue weighted by atomic mass is 9.86. The molecular formula is C20H21F2NO4S. The first-order chi connectivity index (χ1) is 13.3. The highest BCUT2D eigenvalue weighted by Gasteiger charge is 2.29. The minimum atomic E-state index is -3.74. The molecule has 28 heavy (non-hydrogen) atoms. The first-order valence-electron chi connectivity index (χ1n) is 8.96. The van der Waals surface area contributed by atoms with Gasteiger partial charge in [-0.3, -0.25) is 4.79 Å². The Morgan fingerprint density at radius 2 is 1.68 bits per heavy atom. The van der Waals surface area contributed by atoms with Crippen molar-refractivity contribution in [2.75, 3.05) is 7.11 Å². The number of carbonyl (C=O) groups excluding carboxylic acids is 1. The molecule has 0 atom stereocenters. The number of benzene rings is 2. The van der Waals surface area contributed by atoms with Crippen molar-refractivity contribution >= 4 is 16.0 Å². The minimum Gasteiger partial charge on any atom is -0.469 e. The first kappa shape index (κ1) is 20.4. The summed E-state index contributed by atoms with van der Waals surface area (Å²) in [6, 6.07) is 8.74. The molecule has 3 rings (SSSR count). The molecule has 0 amide bonds. The van der Waals surface area contributed by atoms with Gasteiger partial charge in [-0.05, 0) is 55.5 Å². The van der Waals surface area contributed by atoms with Crippen LogP contribution in [0, 0.1) is 17.6 Å². The Bertz CT molecular complexity index is 953. The van der Waals surface area contributed by atoms with Crippen LogP contribution in [0.4, 0.5) is 8.78 Å². The number of nitrogens with one attached hydrogen (secondary N) is 1. The Labute approximate surface area is 162 Å². The topological polar surface area (TPSA) is 72.5 Å². The van der Waals surface area contributed by atoms with Gasteiger partial charge < -0.3 is 4.74 Å². The van der Waals surface area contributed by atoms with Crippen molar-refractivity contribution in [2.45, 2.75) is 36.6 Å². The monoisotopic (exact) mass is 409 g/mol. The van der Waals surface area contributed by atoms with E-state index in [0.29, 0.717) is 31.2 Å². The summed E-state index contributed by atoms with van der Waals surface area (Å²) < 4.78 is 59.5. The molecule has 1 fully saturated rings. The van der Waals surface area contributed by atoms with Gasteiger partial charge in [-0.1, -0.05) is 12.1 Å². The fraction of sp³-hybridized carbons (Fsp3) is 0.350. The van der Waals surface area contributed by atoms with Crippen LogP contribution in [0.25, 0.3) is 11.1 Å². The average Bonchev–Trinajstić information content (AvgIpc) is 2.68. The third-order valence-corrected chi connectivity index (χ3v) is 6.53. The van der Waals surface area contributed by atoms with Gasteiger partial charge in [-0.15, -0.1) is 0 Å². The maximum absolute atomic E-state index is 13.9. The number of sulfonamides is 1. The number of methoxy groups -OCH3 is 1. The van der Waals surface area contributed by atoms with E-state index in [0.717, 1.165) is 12.1 Å².